The third-order valence-electron chi connectivity index (χ3n) is 4.71. The summed E-state index contributed by atoms with van der Waals surface area (Å²) >= 11 is 0. The van der Waals surface area contributed by atoms with Gasteiger partial charge in [0.25, 0.3) is 5.56 Å². The van der Waals surface area contributed by atoms with Crippen molar-refractivity contribution in [2.24, 2.45) is 0 Å². The van der Waals surface area contributed by atoms with E-state index in [1.165, 1.54) is 16.8 Å². The van der Waals surface area contributed by atoms with Gasteiger partial charge in [-0.15, -0.1) is 0 Å². The lowest BCUT2D eigenvalue weighted by atomic mass is 9.89. The highest BCUT2D eigenvalue weighted by atomic mass is 16.3. The molecule has 7 nitrogen and oxygen atoms in total. The molecule has 1 atom stereocenters. The van der Waals surface area contributed by atoms with Crippen LogP contribution in [-0.4, -0.2) is 38.6 Å². The number of aryl methyl sites for hydroxylation is 2. The molecule has 0 saturated carbocycles. The molecule has 7 heteroatoms. The van der Waals surface area contributed by atoms with E-state index < -0.39 is 16.9 Å². The molecular weight excluding hydrogens is 322 g/mol. The first-order valence-corrected chi connectivity index (χ1v) is 8.25. The average Bonchev–Trinajstić information content (AvgIpc) is 2.97. The van der Waals surface area contributed by atoms with Crippen LogP contribution < -0.4 is 11.2 Å². The number of hydrogen-bond donors (Lipinski definition) is 2. The summed E-state index contributed by atoms with van der Waals surface area (Å²) in [5.74, 6) is -0.123. The number of carbonyl (C=O) groups excluding carboxylic acids is 1. The molecule has 1 aromatic heterocycles. The number of amides is 1. The van der Waals surface area contributed by atoms with Crippen molar-refractivity contribution in [2.45, 2.75) is 31.9 Å². The highest BCUT2D eigenvalue weighted by molar-refractivity contribution is 5.76. The first kappa shape index (κ1) is 17.2. The average molecular weight is 343 g/mol. The Bertz CT molecular complexity index is 901. The zero-order valence-electron chi connectivity index (χ0n) is 14.1. The Morgan fingerprint density at radius 3 is 2.76 bits per heavy atom. The number of aromatic nitrogens is 2. The summed E-state index contributed by atoms with van der Waals surface area (Å²) in [5.41, 5.74) is -0.176. The Kier molecular flexibility index (Phi) is 4.59. The molecule has 2 heterocycles. The summed E-state index contributed by atoms with van der Waals surface area (Å²) in [4.78, 5) is 38.9. The van der Waals surface area contributed by atoms with E-state index in [4.69, 9.17) is 0 Å². The topological polar surface area (TPSA) is 95.4 Å². The zero-order chi connectivity index (χ0) is 18.0. The number of carbonyl (C=O) groups is 1. The molecule has 1 amide bonds. The number of rotatable bonds is 4. The van der Waals surface area contributed by atoms with Crippen molar-refractivity contribution in [3.63, 3.8) is 0 Å². The number of hydrogen-bond acceptors (Lipinski definition) is 4. The molecule has 0 spiro atoms. The van der Waals surface area contributed by atoms with Gasteiger partial charge >= 0.3 is 5.69 Å². The standard InChI is InChI=1S/C18H21N3O4/c1-13-4-2-3-5-14(13)18(25)8-11-21(12-18)16(23)7-10-20-9-6-15(22)19-17(20)24/h2-6,9,25H,7-8,10-12H2,1H3,(H,19,22,24). The van der Waals surface area contributed by atoms with Gasteiger partial charge in [-0.05, 0) is 24.5 Å². The number of aromatic amines is 1. The molecule has 1 aliphatic heterocycles. The van der Waals surface area contributed by atoms with Gasteiger partial charge in [0.2, 0.25) is 5.91 Å². The van der Waals surface area contributed by atoms with E-state index in [1.807, 2.05) is 31.2 Å². The molecule has 3 rings (SSSR count). The lowest BCUT2D eigenvalue weighted by Gasteiger charge is -2.25. The van der Waals surface area contributed by atoms with Gasteiger partial charge in [0.15, 0.2) is 0 Å². The predicted octanol–water partition coefficient (Wildman–Crippen LogP) is 0.355. The number of nitrogens with zero attached hydrogens (tertiary/aromatic N) is 2. The smallest absolute Gasteiger partial charge is 0.328 e. The molecule has 0 radical (unpaired) electrons. The SMILES string of the molecule is Cc1ccccc1C1(O)CCN(C(=O)CCn2ccc(=O)[nH]c2=O)C1. The van der Waals surface area contributed by atoms with Gasteiger partial charge in [-0.25, -0.2) is 4.79 Å². The van der Waals surface area contributed by atoms with Gasteiger partial charge < -0.3 is 14.6 Å². The van der Waals surface area contributed by atoms with Gasteiger partial charge in [-0.3, -0.25) is 14.6 Å². The predicted molar refractivity (Wildman–Crippen MR) is 92.2 cm³/mol. The van der Waals surface area contributed by atoms with E-state index >= 15 is 0 Å². The molecular formula is C18H21N3O4. The molecule has 132 valence electrons. The minimum atomic E-state index is -1.03. The van der Waals surface area contributed by atoms with Crippen LogP contribution in [0.5, 0.6) is 0 Å². The Balaban J connectivity index is 1.65. The van der Waals surface area contributed by atoms with Crippen molar-refractivity contribution in [3.05, 3.63) is 68.5 Å². The summed E-state index contributed by atoms with van der Waals surface area (Å²) in [7, 11) is 0. The second-order valence-electron chi connectivity index (χ2n) is 6.47. The van der Waals surface area contributed by atoms with Gasteiger partial charge in [0.1, 0.15) is 5.60 Å². The maximum absolute atomic E-state index is 12.4. The quantitative estimate of drug-likeness (QED) is 0.838. The highest BCUT2D eigenvalue weighted by Gasteiger charge is 2.40. The third kappa shape index (κ3) is 3.56. The Hall–Kier alpha value is -2.67. The van der Waals surface area contributed by atoms with Crippen molar-refractivity contribution in [3.8, 4) is 0 Å². The number of H-pyrrole nitrogens is 1. The summed E-state index contributed by atoms with van der Waals surface area (Å²) in [5, 5.41) is 10.9. The number of aliphatic hydroxyl groups is 1. The molecule has 2 aromatic rings. The molecule has 1 fully saturated rings. The van der Waals surface area contributed by atoms with Crippen LogP contribution in [-0.2, 0) is 16.9 Å². The molecule has 1 aliphatic rings. The number of nitrogens with one attached hydrogen (secondary N) is 1. The van der Waals surface area contributed by atoms with E-state index in [1.54, 1.807) is 4.90 Å². The molecule has 2 N–H and O–H groups in total. The first-order chi connectivity index (χ1) is 11.9. The largest absolute Gasteiger partial charge is 0.383 e. The molecule has 1 unspecified atom stereocenters. The fourth-order valence-electron chi connectivity index (χ4n) is 3.32. The van der Waals surface area contributed by atoms with Crippen LogP contribution >= 0.6 is 0 Å². The second-order valence-corrected chi connectivity index (χ2v) is 6.47. The normalized spacial score (nSPS) is 20.0. The molecule has 0 aliphatic carbocycles. The maximum Gasteiger partial charge on any atom is 0.328 e. The van der Waals surface area contributed by atoms with Crippen molar-refractivity contribution < 1.29 is 9.90 Å². The number of benzene rings is 1. The van der Waals surface area contributed by atoms with E-state index in [2.05, 4.69) is 4.98 Å². The summed E-state index contributed by atoms with van der Waals surface area (Å²) < 4.78 is 1.29. The van der Waals surface area contributed by atoms with Crippen LogP contribution in [0.3, 0.4) is 0 Å². The molecule has 1 saturated heterocycles. The summed E-state index contributed by atoms with van der Waals surface area (Å²) in [6.45, 7) is 2.86. The van der Waals surface area contributed by atoms with Crippen molar-refractivity contribution in [1.82, 2.24) is 14.5 Å². The van der Waals surface area contributed by atoms with Crippen molar-refractivity contribution in [1.29, 1.82) is 0 Å². The van der Waals surface area contributed by atoms with Gasteiger partial charge in [-0.2, -0.15) is 0 Å². The summed E-state index contributed by atoms with van der Waals surface area (Å²) in [6.07, 6.45) is 2.00. The van der Waals surface area contributed by atoms with Crippen LogP contribution in [0.2, 0.25) is 0 Å². The lowest BCUT2D eigenvalue weighted by Crippen LogP contribution is -2.36. The highest BCUT2D eigenvalue weighted by Crippen LogP contribution is 2.33. The third-order valence-corrected chi connectivity index (χ3v) is 4.71. The Labute approximate surface area is 144 Å². The van der Waals surface area contributed by atoms with Gasteiger partial charge in [0, 0.05) is 31.8 Å². The minimum Gasteiger partial charge on any atom is -0.383 e. The first-order valence-electron chi connectivity index (χ1n) is 8.25. The van der Waals surface area contributed by atoms with Crippen LogP contribution in [0.15, 0.2) is 46.1 Å². The van der Waals surface area contributed by atoms with Crippen LogP contribution in [0, 0.1) is 6.92 Å². The van der Waals surface area contributed by atoms with Crippen LogP contribution in [0.4, 0.5) is 0 Å². The molecule has 25 heavy (non-hydrogen) atoms. The molecule has 1 aromatic carbocycles. The Morgan fingerprint density at radius 2 is 2.04 bits per heavy atom. The van der Waals surface area contributed by atoms with Crippen LogP contribution in [0.25, 0.3) is 0 Å². The van der Waals surface area contributed by atoms with Gasteiger partial charge in [0.05, 0.1) is 6.54 Å². The summed E-state index contributed by atoms with van der Waals surface area (Å²) in [6, 6.07) is 8.89. The fourth-order valence-corrected chi connectivity index (χ4v) is 3.32. The van der Waals surface area contributed by atoms with E-state index in [0.29, 0.717) is 13.0 Å². The monoisotopic (exact) mass is 343 g/mol. The van der Waals surface area contributed by atoms with Gasteiger partial charge in [-0.1, -0.05) is 24.3 Å². The fraction of sp³-hybridized carbons (Fsp3) is 0.389. The molecule has 0 bridgehead atoms. The zero-order valence-corrected chi connectivity index (χ0v) is 14.1. The van der Waals surface area contributed by atoms with E-state index in [0.717, 1.165) is 11.1 Å². The Morgan fingerprint density at radius 1 is 1.28 bits per heavy atom. The number of likely N-dealkylation sites (tertiary alicyclic amines) is 1. The van der Waals surface area contributed by atoms with Crippen LogP contribution in [0.1, 0.15) is 24.0 Å². The van der Waals surface area contributed by atoms with E-state index in [9.17, 15) is 19.5 Å². The number of β-amino-alcohol motifs (C(OH)–C–C–N with tert-alkyl or cyclic N) is 1. The van der Waals surface area contributed by atoms with E-state index in [-0.39, 0.29) is 25.4 Å². The second kappa shape index (κ2) is 6.68. The van der Waals surface area contributed by atoms with Crippen molar-refractivity contribution in [2.75, 3.05) is 13.1 Å². The minimum absolute atomic E-state index is 0.123. The lowest BCUT2D eigenvalue weighted by molar-refractivity contribution is -0.131. The maximum atomic E-state index is 12.4. The van der Waals surface area contributed by atoms with Crippen molar-refractivity contribution >= 4 is 5.91 Å².